The molecule has 0 saturated carbocycles. The summed E-state index contributed by atoms with van der Waals surface area (Å²) in [6, 6.07) is 4.34. The summed E-state index contributed by atoms with van der Waals surface area (Å²) in [4.78, 5) is 28.3. The second-order valence-corrected chi connectivity index (χ2v) is 11.4. The van der Waals surface area contributed by atoms with E-state index in [9.17, 15) is 4.79 Å². The number of likely N-dealkylation sites (tertiary alicyclic amines) is 1. The summed E-state index contributed by atoms with van der Waals surface area (Å²) >= 11 is 1.77. The molecule has 0 aromatic carbocycles. The molecule has 34 heavy (non-hydrogen) atoms. The van der Waals surface area contributed by atoms with Crippen molar-refractivity contribution in [2.75, 3.05) is 52.4 Å². The Hall–Kier alpha value is -2.29. The normalized spacial score (nSPS) is 18.0. The maximum atomic E-state index is 13.8. The number of hydrogen-bond acceptors (Lipinski definition) is 6. The van der Waals surface area contributed by atoms with E-state index in [1.807, 2.05) is 21.8 Å². The van der Waals surface area contributed by atoms with Crippen molar-refractivity contribution < 1.29 is 4.79 Å². The quantitative estimate of drug-likeness (QED) is 0.529. The molecule has 2 fully saturated rings. The summed E-state index contributed by atoms with van der Waals surface area (Å²) in [5, 5.41) is 5.44. The molecule has 182 valence electrons. The summed E-state index contributed by atoms with van der Waals surface area (Å²) in [7, 11) is 0. The SMILES string of the molecule is Cc1cc(-c2cc(C(=O)N3CCN(CCN4CCCC4)CC3)c3cnn(C(C)C)c3n2)c(C)s1. The van der Waals surface area contributed by atoms with Crippen LogP contribution in [0.1, 0.15) is 52.8 Å². The Morgan fingerprint density at radius 2 is 1.68 bits per heavy atom. The molecule has 2 saturated heterocycles. The molecule has 0 bridgehead atoms. The van der Waals surface area contributed by atoms with E-state index in [4.69, 9.17) is 4.98 Å². The van der Waals surface area contributed by atoms with E-state index in [2.05, 4.69) is 48.7 Å². The smallest absolute Gasteiger partial charge is 0.254 e. The number of carbonyl (C=O) groups excluding carboxylic acids is 1. The fraction of sp³-hybridized carbons (Fsp3) is 0.577. The second kappa shape index (κ2) is 9.76. The third-order valence-corrected chi connectivity index (χ3v) is 8.16. The number of rotatable bonds is 6. The highest BCUT2D eigenvalue weighted by Crippen LogP contribution is 2.33. The van der Waals surface area contributed by atoms with Crippen molar-refractivity contribution in [3.05, 3.63) is 33.6 Å². The number of thiophene rings is 1. The van der Waals surface area contributed by atoms with Crippen molar-refractivity contribution in [3.63, 3.8) is 0 Å². The number of aryl methyl sites for hydroxylation is 2. The van der Waals surface area contributed by atoms with E-state index >= 15 is 0 Å². The highest BCUT2D eigenvalue weighted by Gasteiger charge is 2.26. The second-order valence-electron chi connectivity index (χ2n) is 9.98. The van der Waals surface area contributed by atoms with Gasteiger partial charge in [-0.15, -0.1) is 11.3 Å². The van der Waals surface area contributed by atoms with Gasteiger partial charge in [-0.1, -0.05) is 0 Å². The van der Waals surface area contributed by atoms with Crippen LogP contribution in [0.2, 0.25) is 0 Å². The van der Waals surface area contributed by atoms with Crippen LogP contribution in [-0.2, 0) is 0 Å². The van der Waals surface area contributed by atoms with Crippen LogP contribution in [0.3, 0.4) is 0 Å². The van der Waals surface area contributed by atoms with Gasteiger partial charge in [0.25, 0.3) is 5.91 Å². The number of aromatic nitrogens is 3. The van der Waals surface area contributed by atoms with Crippen molar-refractivity contribution in [1.82, 2.24) is 29.5 Å². The molecule has 0 aliphatic carbocycles. The van der Waals surface area contributed by atoms with Gasteiger partial charge in [0.1, 0.15) is 0 Å². The van der Waals surface area contributed by atoms with Crippen molar-refractivity contribution >= 4 is 28.3 Å². The average Bonchev–Trinajstić information content (AvgIpc) is 3.56. The van der Waals surface area contributed by atoms with Crippen molar-refractivity contribution in [2.45, 2.75) is 46.6 Å². The van der Waals surface area contributed by atoms with Crippen LogP contribution in [0.15, 0.2) is 18.3 Å². The Bertz CT molecular complexity index is 1170. The molecular formula is C26H36N6OS. The Morgan fingerprint density at radius 1 is 1.00 bits per heavy atom. The summed E-state index contributed by atoms with van der Waals surface area (Å²) in [6.45, 7) is 16.6. The van der Waals surface area contributed by atoms with Crippen LogP contribution in [0.5, 0.6) is 0 Å². The van der Waals surface area contributed by atoms with E-state index in [1.54, 1.807) is 11.3 Å². The van der Waals surface area contributed by atoms with Gasteiger partial charge in [-0.2, -0.15) is 5.10 Å². The fourth-order valence-electron chi connectivity index (χ4n) is 5.23. The molecule has 0 radical (unpaired) electrons. The number of pyridine rings is 1. The molecule has 0 spiro atoms. The molecule has 1 amide bonds. The van der Waals surface area contributed by atoms with Gasteiger partial charge >= 0.3 is 0 Å². The van der Waals surface area contributed by atoms with Gasteiger partial charge in [-0.05, 0) is 65.8 Å². The van der Waals surface area contributed by atoms with Gasteiger partial charge in [0.05, 0.1) is 22.8 Å². The van der Waals surface area contributed by atoms with Crippen LogP contribution in [-0.4, -0.2) is 87.7 Å². The zero-order valence-corrected chi connectivity index (χ0v) is 21.7. The Balaban J connectivity index is 1.39. The highest BCUT2D eigenvalue weighted by atomic mass is 32.1. The first-order chi connectivity index (χ1) is 16.4. The zero-order valence-electron chi connectivity index (χ0n) is 20.9. The van der Waals surface area contributed by atoms with Gasteiger partial charge in [-0.25, -0.2) is 9.67 Å². The number of nitrogens with zero attached hydrogens (tertiary/aromatic N) is 6. The third-order valence-electron chi connectivity index (χ3n) is 7.19. The lowest BCUT2D eigenvalue weighted by Crippen LogP contribution is -2.50. The minimum atomic E-state index is 0.0979. The molecule has 5 rings (SSSR count). The van der Waals surface area contributed by atoms with E-state index < -0.39 is 0 Å². The lowest BCUT2D eigenvalue weighted by Gasteiger charge is -2.35. The van der Waals surface area contributed by atoms with Gasteiger partial charge in [0.2, 0.25) is 0 Å². The van der Waals surface area contributed by atoms with Gasteiger partial charge in [0, 0.05) is 60.6 Å². The molecule has 0 atom stereocenters. The number of fused-ring (bicyclic) bond motifs is 1. The molecule has 2 aliphatic heterocycles. The fourth-order valence-corrected chi connectivity index (χ4v) is 6.16. The summed E-state index contributed by atoms with van der Waals surface area (Å²) < 4.78 is 1.93. The summed E-state index contributed by atoms with van der Waals surface area (Å²) in [5.74, 6) is 0.0979. The molecule has 3 aromatic heterocycles. The molecule has 2 aliphatic rings. The largest absolute Gasteiger partial charge is 0.336 e. The minimum absolute atomic E-state index is 0.0979. The van der Waals surface area contributed by atoms with E-state index in [0.717, 1.165) is 67.1 Å². The first kappa shape index (κ1) is 23.5. The number of carbonyl (C=O) groups is 1. The summed E-state index contributed by atoms with van der Waals surface area (Å²) in [6.07, 6.45) is 4.49. The molecule has 0 unspecified atom stereocenters. The standard InChI is InChI=1S/C26H36N6OS/c1-18(2)32-25-23(17-27-32)22(16-24(28-25)21-15-19(3)34-20(21)4)26(33)31-13-11-30(12-14-31)10-9-29-7-5-6-8-29/h15-18H,5-14H2,1-4H3. The van der Waals surface area contributed by atoms with Crippen LogP contribution >= 0.6 is 11.3 Å². The molecule has 3 aromatic rings. The molecule has 5 heterocycles. The minimum Gasteiger partial charge on any atom is -0.336 e. The van der Waals surface area contributed by atoms with Crippen LogP contribution in [0.4, 0.5) is 0 Å². The topological polar surface area (TPSA) is 57.5 Å². The maximum absolute atomic E-state index is 13.8. The van der Waals surface area contributed by atoms with Crippen LogP contribution < -0.4 is 0 Å². The average molecular weight is 481 g/mol. The highest BCUT2D eigenvalue weighted by molar-refractivity contribution is 7.12. The monoisotopic (exact) mass is 480 g/mol. The molecule has 8 heteroatoms. The predicted molar refractivity (Wildman–Crippen MR) is 139 cm³/mol. The maximum Gasteiger partial charge on any atom is 0.254 e. The molecule has 7 nitrogen and oxygen atoms in total. The Labute approximate surface area is 206 Å². The summed E-state index contributed by atoms with van der Waals surface area (Å²) in [5.41, 5.74) is 3.50. The first-order valence-electron chi connectivity index (χ1n) is 12.6. The lowest BCUT2D eigenvalue weighted by atomic mass is 10.1. The van der Waals surface area contributed by atoms with Crippen molar-refractivity contribution in [1.29, 1.82) is 0 Å². The van der Waals surface area contributed by atoms with Gasteiger partial charge in [-0.3, -0.25) is 9.69 Å². The predicted octanol–water partition coefficient (Wildman–Crippen LogP) is 4.21. The molecule has 0 N–H and O–H groups in total. The Kier molecular flexibility index (Phi) is 6.73. The first-order valence-corrected chi connectivity index (χ1v) is 13.4. The van der Waals surface area contributed by atoms with Gasteiger partial charge < -0.3 is 9.80 Å². The van der Waals surface area contributed by atoms with Crippen molar-refractivity contribution in [2.24, 2.45) is 0 Å². The Morgan fingerprint density at radius 3 is 2.29 bits per heavy atom. The van der Waals surface area contributed by atoms with Crippen LogP contribution in [0, 0.1) is 13.8 Å². The lowest BCUT2D eigenvalue weighted by molar-refractivity contribution is 0.0628. The van der Waals surface area contributed by atoms with E-state index in [1.165, 1.54) is 35.7 Å². The van der Waals surface area contributed by atoms with Gasteiger partial charge in [0.15, 0.2) is 5.65 Å². The van der Waals surface area contributed by atoms with Crippen LogP contribution in [0.25, 0.3) is 22.3 Å². The zero-order chi connectivity index (χ0) is 23.8. The van der Waals surface area contributed by atoms with Crippen molar-refractivity contribution in [3.8, 4) is 11.3 Å². The number of piperazine rings is 1. The van der Waals surface area contributed by atoms with E-state index in [-0.39, 0.29) is 11.9 Å². The third kappa shape index (κ3) is 4.63. The number of hydrogen-bond donors (Lipinski definition) is 0. The number of amides is 1. The van der Waals surface area contributed by atoms with E-state index in [0.29, 0.717) is 0 Å². The molecular weight excluding hydrogens is 444 g/mol.